The van der Waals surface area contributed by atoms with Crippen molar-refractivity contribution in [3.8, 4) is 17.1 Å². The van der Waals surface area contributed by atoms with Crippen molar-refractivity contribution in [1.82, 2.24) is 20.1 Å². The number of thioether (sulfide) groups is 1. The molecule has 1 aromatic heterocycles. The Morgan fingerprint density at radius 3 is 2.55 bits per heavy atom. The maximum Gasteiger partial charge on any atom is 0.230 e. The van der Waals surface area contributed by atoms with Crippen LogP contribution in [0.5, 0.6) is 5.75 Å². The summed E-state index contributed by atoms with van der Waals surface area (Å²) < 4.78 is 7.15. The average Bonchev–Trinajstić information content (AvgIpc) is 3.12. The number of nitrogens with zero attached hydrogens (tertiary/aromatic N) is 3. The van der Waals surface area contributed by atoms with Crippen LogP contribution < -0.4 is 10.1 Å². The van der Waals surface area contributed by atoms with Gasteiger partial charge in [0, 0.05) is 23.7 Å². The molecule has 0 bridgehead atoms. The summed E-state index contributed by atoms with van der Waals surface area (Å²) in [5, 5.41) is 13.3. The van der Waals surface area contributed by atoms with Crippen LogP contribution in [0.25, 0.3) is 11.4 Å². The standard InChI is InChI=1S/C22H24Cl2N4O2S/c1-14(2)12-28-21(18-9-6-16(23)10-19(18)24)26-27-22(28)31-13-20(29)25-11-15-4-7-17(30-3)8-5-15/h4-10,14H,11-13H2,1-3H3,(H,25,29). The fourth-order valence-electron chi connectivity index (χ4n) is 2.92. The summed E-state index contributed by atoms with van der Waals surface area (Å²) in [6.45, 7) is 5.39. The lowest BCUT2D eigenvalue weighted by atomic mass is 10.2. The van der Waals surface area contributed by atoms with E-state index in [1.807, 2.05) is 34.9 Å². The molecule has 1 heterocycles. The molecule has 0 fully saturated rings. The zero-order valence-corrected chi connectivity index (χ0v) is 19.9. The number of aromatic nitrogens is 3. The fourth-order valence-corrected chi connectivity index (χ4v) is 4.19. The van der Waals surface area contributed by atoms with Gasteiger partial charge in [-0.15, -0.1) is 10.2 Å². The minimum absolute atomic E-state index is 0.0778. The molecule has 0 aliphatic carbocycles. The Hall–Kier alpha value is -2.22. The second-order valence-electron chi connectivity index (χ2n) is 7.35. The first-order valence-corrected chi connectivity index (χ1v) is 11.5. The number of methoxy groups -OCH3 is 1. The topological polar surface area (TPSA) is 69.0 Å². The summed E-state index contributed by atoms with van der Waals surface area (Å²) in [5.74, 6) is 1.97. The minimum atomic E-state index is -0.0778. The fraction of sp³-hybridized carbons (Fsp3) is 0.318. The molecule has 0 saturated carbocycles. The summed E-state index contributed by atoms with van der Waals surface area (Å²) in [5.41, 5.74) is 1.76. The lowest BCUT2D eigenvalue weighted by molar-refractivity contribution is -0.118. The van der Waals surface area contributed by atoms with Gasteiger partial charge in [0.05, 0.1) is 17.9 Å². The van der Waals surface area contributed by atoms with Gasteiger partial charge in [0.1, 0.15) is 5.75 Å². The number of benzene rings is 2. The third-order valence-electron chi connectivity index (χ3n) is 4.42. The summed E-state index contributed by atoms with van der Waals surface area (Å²) >= 11 is 13.8. The third-order valence-corrected chi connectivity index (χ3v) is 5.93. The number of ether oxygens (including phenoxy) is 1. The molecule has 0 saturated heterocycles. The third kappa shape index (κ3) is 6.38. The maximum absolute atomic E-state index is 12.4. The van der Waals surface area contributed by atoms with Crippen molar-refractivity contribution in [2.24, 2.45) is 5.92 Å². The number of halogens is 2. The SMILES string of the molecule is COc1ccc(CNC(=O)CSc2nnc(-c3ccc(Cl)cc3Cl)n2CC(C)C)cc1. The number of hydrogen-bond donors (Lipinski definition) is 1. The number of carbonyl (C=O) groups excluding carboxylic acids is 1. The van der Waals surface area contributed by atoms with E-state index in [1.165, 1.54) is 11.8 Å². The van der Waals surface area contributed by atoms with Crippen LogP contribution in [0.15, 0.2) is 47.6 Å². The van der Waals surface area contributed by atoms with E-state index in [4.69, 9.17) is 27.9 Å². The highest BCUT2D eigenvalue weighted by molar-refractivity contribution is 7.99. The van der Waals surface area contributed by atoms with Gasteiger partial charge in [-0.25, -0.2) is 0 Å². The highest BCUT2D eigenvalue weighted by Crippen LogP contribution is 2.32. The van der Waals surface area contributed by atoms with Gasteiger partial charge in [-0.1, -0.05) is 60.9 Å². The van der Waals surface area contributed by atoms with E-state index in [9.17, 15) is 4.79 Å². The Morgan fingerprint density at radius 2 is 1.90 bits per heavy atom. The first kappa shape index (κ1) is 23.4. The van der Waals surface area contributed by atoms with Gasteiger partial charge < -0.3 is 14.6 Å². The van der Waals surface area contributed by atoms with Crippen LogP contribution in [0.2, 0.25) is 10.0 Å². The van der Waals surface area contributed by atoms with Crippen molar-refractivity contribution in [3.63, 3.8) is 0 Å². The molecule has 2 aromatic carbocycles. The van der Waals surface area contributed by atoms with Crippen LogP contribution in [0.4, 0.5) is 0 Å². The molecule has 0 aliphatic rings. The van der Waals surface area contributed by atoms with E-state index in [1.54, 1.807) is 19.2 Å². The van der Waals surface area contributed by atoms with Crippen molar-refractivity contribution in [2.75, 3.05) is 12.9 Å². The summed E-state index contributed by atoms with van der Waals surface area (Å²) in [6, 6.07) is 12.9. The van der Waals surface area contributed by atoms with Crippen LogP contribution >= 0.6 is 35.0 Å². The first-order chi connectivity index (χ1) is 14.9. The lowest BCUT2D eigenvalue weighted by Crippen LogP contribution is -2.24. The zero-order chi connectivity index (χ0) is 22.4. The number of amides is 1. The van der Waals surface area contributed by atoms with Crippen molar-refractivity contribution >= 4 is 40.9 Å². The Balaban J connectivity index is 1.67. The number of carbonyl (C=O) groups is 1. The second kappa shape index (κ2) is 10.9. The normalized spacial score (nSPS) is 11.0. The quantitative estimate of drug-likeness (QED) is 0.421. The predicted octanol–water partition coefficient (Wildman–Crippen LogP) is 5.33. The number of hydrogen-bond acceptors (Lipinski definition) is 5. The highest BCUT2D eigenvalue weighted by atomic mass is 35.5. The molecule has 1 amide bonds. The molecule has 0 spiro atoms. The van der Waals surface area contributed by atoms with Gasteiger partial charge in [0.15, 0.2) is 11.0 Å². The molecule has 6 nitrogen and oxygen atoms in total. The molecule has 3 aromatic rings. The van der Waals surface area contributed by atoms with Gasteiger partial charge in [-0.3, -0.25) is 4.79 Å². The van der Waals surface area contributed by atoms with Gasteiger partial charge in [0.2, 0.25) is 5.91 Å². The van der Waals surface area contributed by atoms with E-state index in [-0.39, 0.29) is 11.7 Å². The molecule has 1 N–H and O–H groups in total. The van der Waals surface area contributed by atoms with E-state index in [2.05, 4.69) is 29.4 Å². The van der Waals surface area contributed by atoms with Crippen molar-refractivity contribution in [2.45, 2.75) is 32.1 Å². The Kier molecular flexibility index (Phi) is 8.23. The van der Waals surface area contributed by atoms with Crippen molar-refractivity contribution in [3.05, 3.63) is 58.1 Å². The molecular formula is C22H24Cl2N4O2S. The number of rotatable bonds is 9. The Labute approximate surface area is 196 Å². The molecule has 0 atom stereocenters. The predicted molar refractivity (Wildman–Crippen MR) is 126 cm³/mol. The van der Waals surface area contributed by atoms with Gasteiger partial charge in [-0.2, -0.15) is 0 Å². The van der Waals surface area contributed by atoms with Crippen molar-refractivity contribution in [1.29, 1.82) is 0 Å². The number of nitrogens with one attached hydrogen (secondary N) is 1. The van der Waals surface area contributed by atoms with Crippen molar-refractivity contribution < 1.29 is 9.53 Å². The van der Waals surface area contributed by atoms with Crippen LogP contribution in [0.1, 0.15) is 19.4 Å². The molecule has 9 heteroatoms. The van der Waals surface area contributed by atoms with Crippen LogP contribution in [-0.4, -0.2) is 33.5 Å². The molecule has 0 radical (unpaired) electrons. The monoisotopic (exact) mass is 478 g/mol. The molecule has 0 aliphatic heterocycles. The summed E-state index contributed by atoms with van der Waals surface area (Å²) in [4.78, 5) is 12.4. The Bertz CT molecular complexity index is 1040. The van der Waals surface area contributed by atoms with E-state index >= 15 is 0 Å². The largest absolute Gasteiger partial charge is 0.497 e. The molecule has 0 unspecified atom stereocenters. The molecule has 31 heavy (non-hydrogen) atoms. The smallest absolute Gasteiger partial charge is 0.230 e. The summed E-state index contributed by atoms with van der Waals surface area (Å²) in [7, 11) is 1.62. The molecular weight excluding hydrogens is 455 g/mol. The van der Waals surface area contributed by atoms with E-state index in [0.29, 0.717) is 40.0 Å². The minimum Gasteiger partial charge on any atom is -0.497 e. The first-order valence-electron chi connectivity index (χ1n) is 9.78. The van der Waals surface area contributed by atoms with Crippen LogP contribution in [0.3, 0.4) is 0 Å². The molecule has 164 valence electrons. The lowest BCUT2D eigenvalue weighted by Gasteiger charge is -2.13. The summed E-state index contributed by atoms with van der Waals surface area (Å²) in [6.07, 6.45) is 0. The van der Waals surface area contributed by atoms with Gasteiger partial charge in [0.25, 0.3) is 0 Å². The Morgan fingerprint density at radius 1 is 1.16 bits per heavy atom. The highest BCUT2D eigenvalue weighted by Gasteiger charge is 2.18. The second-order valence-corrected chi connectivity index (χ2v) is 9.13. The van der Waals surface area contributed by atoms with E-state index < -0.39 is 0 Å². The van der Waals surface area contributed by atoms with E-state index in [0.717, 1.165) is 16.9 Å². The molecule has 3 rings (SSSR count). The van der Waals surface area contributed by atoms with Crippen LogP contribution in [-0.2, 0) is 17.9 Å². The van der Waals surface area contributed by atoms with Gasteiger partial charge >= 0.3 is 0 Å². The average molecular weight is 479 g/mol. The van der Waals surface area contributed by atoms with Gasteiger partial charge in [-0.05, 0) is 41.8 Å². The van der Waals surface area contributed by atoms with Crippen LogP contribution in [0, 0.1) is 5.92 Å². The maximum atomic E-state index is 12.4. The zero-order valence-electron chi connectivity index (χ0n) is 17.6.